The van der Waals surface area contributed by atoms with Gasteiger partial charge in [0.25, 0.3) is 0 Å². The minimum absolute atomic E-state index is 0.0431. The number of amides is 2. The summed E-state index contributed by atoms with van der Waals surface area (Å²) in [5.74, 6) is -11.0. The van der Waals surface area contributed by atoms with Gasteiger partial charge in [0.05, 0.1) is 140 Å². The highest BCUT2D eigenvalue weighted by Crippen LogP contribution is 2.43. The minimum atomic E-state index is -2.33. The van der Waals surface area contributed by atoms with Crippen LogP contribution in [-0.4, -0.2) is 506 Å². The molecule has 52 nitrogen and oxygen atoms in total. The number of hydrogen-bond acceptors (Lipinski definition) is 47. The van der Waals surface area contributed by atoms with Crippen molar-refractivity contribution in [1.29, 1.82) is 0 Å². The maximum atomic E-state index is 12.9. The van der Waals surface area contributed by atoms with E-state index in [1.807, 2.05) is 18.7 Å². The van der Waals surface area contributed by atoms with Crippen molar-refractivity contribution in [3.05, 3.63) is 12.4 Å². The topological polar surface area (TPSA) is 769 Å². The van der Waals surface area contributed by atoms with Crippen molar-refractivity contribution < 1.29 is 235 Å². The van der Waals surface area contributed by atoms with Crippen LogP contribution in [0.2, 0.25) is 0 Å². The molecule has 10 aliphatic rings. The minimum Gasteiger partial charge on any atom is -0.479 e. The van der Waals surface area contributed by atoms with E-state index in [4.69, 9.17) is 99.5 Å². The highest BCUT2D eigenvalue weighted by molar-refractivity contribution is 8.00. The summed E-state index contributed by atoms with van der Waals surface area (Å²) in [7, 11) is 0. The van der Waals surface area contributed by atoms with Crippen LogP contribution in [0.15, 0.2) is 12.4 Å². The summed E-state index contributed by atoms with van der Waals surface area (Å²) < 4.78 is 119. The molecule has 9 saturated heterocycles. The number of unbranched alkanes of at least 4 members (excludes halogenated alkanes) is 3. The van der Waals surface area contributed by atoms with E-state index in [1.54, 1.807) is 6.92 Å². The molecule has 10 fully saturated rings. The van der Waals surface area contributed by atoms with Gasteiger partial charge in [0.15, 0.2) is 68.4 Å². The lowest BCUT2D eigenvalue weighted by Crippen LogP contribution is -2.67. The molecule has 0 bridgehead atoms. The molecule has 0 radical (unpaired) electrons. The van der Waals surface area contributed by atoms with Crippen molar-refractivity contribution in [2.24, 2.45) is 29.6 Å². The summed E-state index contributed by atoms with van der Waals surface area (Å²) in [5, 5.41) is 242. The van der Waals surface area contributed by atoms with Crippen LogP contribution >= 0.6 is 11.8 Å². The van der Waals surface area contributed by atoms with Crippen molar-refractivity contribution in [2.45, 2.75) is 338 Å². The number of rotatable bonds is 55. The molecule has 9 aliphatic heterocycles. The quantitative estimate of drug-likeness (QED) is 0.0252. The fraction of sp³-hybridized carbons (Fsp3) is 0.908. The Labute approximate surface area is 812 Å². The van der Waals surface area contributed by atoms with Gasteiger partial charge in [-0.1, -0.05) is 47.6 Å². The van der Waals surface area contributed by atoms with E-state index >= 15 is 0 Å². The lowest BCUT2D eigenvalue weighted by molar-refractivity contribution is -0.387. The normalized spacial score (nSPS) is 40.5. The Morgan fingerprint density at radius 3 is 1.14 bits per heavy atom. The summed E-state index contributed by atoms with van der Waals surface area (Å²) in [6, 6.07) is 1.000. The number of carbonyl (C=O) groups excluding carboxylic acids is 2. The number of aliphatic carboxylic acids is 4. The molecule has 10 rings (SSSR count). The highest BCUT2D eigenvalue weighted by atomic mass is 32.2. The number of carboxylic acids is 4. The third kappa shape index (κ3) is 32.0. The number of aliphatic hydroxyl groups excluding tert-OH is 17. The Kier molecular flexibility index (Phi) is 49.7. The Morgan fingerprint density at radius 1 is 0.371 bits per heavy atom. The van der Waals surface area contributed by atoms with E-state index in [1.165, 1.54) is 27.7 Å². The molecule has 140 heavy (non-hydrogen) atoms. The largest absolute Gasteiger partial charge is 0.479 e. The molecule has 9 heterocycles. The lowest BCUT2D eigenvalue weighted by atomic mass is 9.76. The van der Waals surface area contributed by atoms with Crippen LogP contribution in [0.3, 0.4) is 0 Å². The van der Waals surface area contributed by atoms with Gasteiger partial charge in [-0.25, -0.2) is 19.2 Å². The molecule has 25 N–H and O–H groups in total. The summed E-state index contributed by atoms with van der Waals surface area (Å²) in [5.41, 5.74) is 0. The molecule has 0 aromatic heterocycles. The van der Waals surface area contributed by atoms with Gasteiger partial charge in [0, 0.05) is 93.0 Å². The Balaban J connectivity index is 0.000000495. The van der Waals surface area contributed by atoms with E-state index in [0.717, 1.165) is 37.3 Å². The number of carbonyl (C=O) groups is 6. The first-order chi connectivity index (χ1) is 66.9. The second kappa shape index (κ2) is 58.7. The highest BCUT2D eigenvalue weighted by Gasteiger charge is 2.61. The van der Waals surface area contributed by atoms with E-state index in [0.29, 0.717) is 142 Å². The second-order valence-corrected chi connectivity index (χ2v) is 37.4. The fourth-order valence-electron chi connectivity index (χ4n) is 17.8. The summed E-state index contributed by atoms with van der Waals surface area (Å²) >= 11 is 2.02. The van der Waals surface area contributed by atoms with Gasteiger partial charge in [-0.05, 0) is 51.9 Å². The standard InChI is InChI=1S/C61H99NO41.C26H49N3O7S/c1-6-26(67)62-10-8-7-9-11-89-58-36(77)32(73)44(48(100-58)52(83)84)97-55-18(3)28(69)41(24(15-65)91-55)95-60-38(79)34(75)46(50(102-60)54(87)88)99-57-20(5)30(71)42(25(16-66)93-57)96-61-39(80)35(76)45(49(103-61)53(85)86)98-56-19(4)29(70)40(23(14-64)92-56)94-59-37(78)33(74)43(47(101-59)51(81)82)90-22-12-21(13-63)31(72)27(68)17(22)2;1-3-31-11-12-33-15-16-35-19-20-36-18-17-34-14-13-32-10-6-9-27-25(30)8-5-4-7-24-26-23(21-37-24)28-22(2)29-26/h17-25,27-50,55-61,63-66,68-80H,6-16H2,1-5H3,(H,62,67)(H,81,82)(H,83,84)(H,85,86)(H,87,88);23-24,26,28-29H,2-21H2,1H3,(H,27,30)/t;23-,24-,26-/m.0/s1. The van der Waals surface area contributed by atoms with Crippen LogP contribution in [0.4, 0.5) is 0 Å². The van der Waals surface area contributed by atoms with Gasteiger partial charge < -0.3 is 228 Å². The monoisotopic (exact) mass is 2050 g/mol. The number of nitrogens with one attached hydrogen (secondary N) is 4. The first kappa shape index (κ1) is 119. The van der Waals surface area contributed by atoms with Crippen LogP contribution in [0, 0.1) is 29.6 Å². The average molecular weight is 2050 g/mol. The Morgan fingerprint density at radius 2 is 0.743 bits per heavy atom. The molecule has 1 aliphatic carbocycles. The Bertz CT molecular complexity index is 3680. The molecule has 1 saturated carbocycles. The van der Waals surface area contributed by atoms with Crippen LogP contribution in [0.1, 0.15) is 106 Å². The van der Waals surface area contributed by atoms with Crippen LogP contribution in [-0.2, 0) is 128 Å². The van der Waals surface area contributed by atoms with Crippen LogP contribution in [0.25, 0.3) is 0 Å². The molecule has 40 unspecified atom stereocenters. The molecule has 0 spiro atoms. The van der Waals surface area contributed by atoms with Crippen molar-refractivity contribution >= 4 is 47.5 Å². The number of ether oxygens (including phenoxy) is 21. The summed E-state index contributed by atoms with van der Waals surface area (Å²) in [6.45, 7) is 17.0. The molecule has 53 heteroatoms. The Hall–Kier alpha value is -5.01. The third-order valence-corrected chi connectivity index (χ3v) is 27.7. The van der Waals surface area contributed by atoms with E-state index < -0.39 is 295 Å². The first-order valence-corrected chi connectivity index (χ1v) is 48.7. The van der Waals surface area contributed by atoms with Gasteiger partial charge in [0.1, 0.15) is 110 Å². The van der Waals surface area contributed by atoms with Crippen molar-refractivity contribution in [3.8, 4) is 0 Å². The lowest BCUT2D eigenvalue weighted by Gasteiger charge is -2.50. The molecule has 2 amide bonds. The number of hydrogen-bond donors (Lipinski definition) is 25. The maximum Gasteiger partial charge on any atom is 0.335 e. The maximum absolute atomic E-state index is 12.9. The zero-order valence-electron chi connectivity index (χ0n) is 79.1. The molecular formula is C87H148N4O48S. The zero-order valence-corrected chi connectivity index (χ0v) is 79.9. The summed E-state index contributed by atoms with van der Waals surface area (Å²) in [4.78, 5) is 74.3. The number of fused-ring (bicyclic) bond motifs is 1. The second-order valence-electron chi connectivity index (χ2n) is 36.1. The average Bonchev–Trinajstić information content (AvgIpc) is 1.08. The third-order valence-electron chi connectivity index (χ3n) is 26.2. The predicted octanol–water partition coefficient (Wildman–Crippen LogP) is -8.91. The van der Waals surface area contributed by atoms with Gasteiger partial charge in [-0.2, -0.15) is 11.8 Å². The SMILES string of the molecule is C=C1N[C@H]2[C@H](CS[C@H]2CCCCC(=O)NCCCOCCOCCOCCOCCOCCOCC)N1.CCC(=O)NCCCCCOC1OC(C(=O)O)C(OC2OC(CO)C(OC3OC(C(=O)O)C(OC4OC(CO)C(OC5OC(C(=O)O)C(OC6OC(CO)C(OC7OC(C(=O)O)C(OC8CC(CO)C(O)C(O)C8C)C(O)C7O)C(O)C6C)C(O)C5O)C(O)C4C)C(O)C3O)C(O)C2C)C(O)C1O. The van der Waals surface area contributed by atoms with E-state index in [9.17, 15) is 136 Å². The molecule has 0 aromatic rings. The van der Waals surface area contributed by atoms with Gasteiger partial charge >= 0.3 is 23.9 Å². The van der Waals surface area contributed by atoms with Gasteiger partial charge in [-0.3, -0.25) is 9.59 Å². The van der Waals surface area contributed by atoms with Crippen molar-refractivity contribution in [1.82, 2.24) is 21.3 Å². The van der Waals surface area contributed by atoms with Gasteiger partial charge in [0.2, 0.25) is 11.8 Å². The number of carboxylic acid groups (broad SMARTS) is 4. The molecule has 0 aromatic carbocycles. The van der Waals surface area contributed by atoms with E-state index in [-0.39, 0.29) is 24.8 Å². The smallest absolute Gasteiger partial charge is 0.335 e. The number of aliphatic hydroxyl groups is 17. The van der Waals surface area contributed by atoms with Crippen molar-refractivity contribution in [3.63, 3.8) is 0 Å². The van der Waals surface area contributed by atoms with E-state index in [2.05, 4.69) is 27.8 Å². The number of thioether (sulfide) groups is 1. The van der Waals surface area contributed by atoms with Crippen molar-refractivity contribution in [2.75, 3.05) is 131 Å². The predicted molar refractivity (Wildman–Crippen MR) is 469 cm³/mol. The molecule has 43 atom stereocenters. The van der Waals surface area contributed by atoms with Gasteiger partial charge in [-0.15, -0.1) is 0 Å². The van der Waals surface area contributed by atoms with Crippen LogP contribution in [0.5, 0.6) is 0 Å². The zero-order chi connectivity index (χ0) is 102. The molecular weight excluding hydrogens is 1900 g/mol. The fourth-order valence-corrected chi connectivity index (χ4v) is 19.4. The molecule has 810 valence electrons. The first-order valence-electron chi connectivity index (χ1n) is 47.7. The summed E-state index contributed by atoms with van der Waals surface area (Å²) in [6.07, 6.45) is -61.5. The van der Waals surface area contributed by atoms with Crippen LogP contribution < -0.4 is 21.3 Å².